The topological polar surface area (TPSA) is 95.5 Å². The van der Waals surface area contributed by atoms with Crippen LogP contribution in [0.2, 0.25) is 10.0 Å². The maximum absolute atomic E-state index is 11.2. The van der Waals surface area contributed by atoms with Gasteiger partial charge in [0.2, 0.25) is 11.5 Å². The van der Waals surface area contributed by atoms with E-state index in [2.05, 4.69) is 0 Å². The van der Waals surface area contributed by atoms with E-state index in [0.717, 1.165) is 0 Å². The van der Waals surface area contributed by atoms with Crippen molar-refractivity contribution in [3.05, 3.63) is 65.7 Å². The largest absolute Gasteiger partial charge is 0.442 e. The summed E-state index contributed by atoms with van der Waals surface area (Å²) in [7, 11) is 0. The van der Waals surface area contributed by atoms with Crippen LogP contribution in [-0.2, 0) is 0 Å². The van der Waals surface area contributed by atoms with Gasteiger partial charge in [-0.1, -0.05) is 35.3 Å². The summed E-state index contributed by atoms with van der Waals surface area (Å²) in [6.07, 6.45) is 0. The molecule has 0 saturated heterocycles. The molecule has 23 heavy (non-hydrogen) atoms. The SMILES string of the molecule is Cc1ccc(Cl)c([N+](=O)[O-])c1Oc1c(C)ccc(Cl)c1[N+](=O)[O-]. The van der Waals surface area contributed by atoms with Gasteiger partial charge >= 0.3 is 11.4 Å². The lowest BCUT2D eigenvalue weighted by molar-refractivity contribution is -0.387. The molecule has 0 saturated carbocycles. The van der Waals surface area contributed by atoms with Gasteiger partial charge in [-0.25, -0.2) is 0 Å². The highest BCUT2D eigenvalue weighted by molar-refractivity contribution is 6.33. The third-order valence-electron chi connectivity index (χ3n) is 3.13. The van der Waals surface area contributed by atoms with Crippen molar-refractivity contribution in [3.63, 3.8) is 0 Å². The molecule has 0 atom stereocenters. The molecule has 0 aromatic heterocycles. The first kappa shape index (κ1) is 17.0. The van der Waals surface area contributed by atoms with E-state index < -0.39 is 21.2 Å². The van der Waals surface area contributed by atoms with Crippen LogP contribution in [0.15, 0.2) is 24.3 Å². The molecule has 0 unspecified atom stereocenters. The Labute approximate surface area is 140 Å². The van der Waals surface area contributed by atoms with Crippen molar-refractivity contribution < 1.29 is 14.6 Å². The van der Waals surface area contributed by atoms with Gasteiger partial charge in [0, 0.05) is 0 Å². The molecule has 2 rings (SSSR count). The summed E-state index contributed by atoms with van der Waals surface area (Å²) in [5.74, 6) is -0.313. The van der Waals surface area contributed by atoms with Crippen molar-refractivity contribution >= 4 is 34.6 Å². The first-order valence-corrected chi connectivity index (χ1v) is 7.04. The maximum atomic E-state index is 11.2. The van der Waals surface area contributed by atoms with Crippen molar-refractivity contribution in [1.29, 1.82) is 0 Å². The Morgan fingerprint density at radius 1 is 0.826 bits per heavy atom. The Bertz CT molecular complexity index is 756. The number of hydrogen-bond acceptors (Lipinski definition) is 5. The lowest BCUT2D eigenvalue weighted by atomic mass is 10.1. The van der Waals surface area contributed by atoms with Gasteiger partial charge < -0.3 is 4.74 Å². The van der Waals surface area contributed by atoms with Gasteiger partial charge in [-0.2, -0.15) is 0 Å². The predicted molar refractivity (Wildman–Crippen MR) is 85.8 cm³/mol. The van der Waals surface area contributed by atoms with Crippen molar-refractivity contribution in [3.8, 4) is 11.5 Å². The summed E-state index contributed by atoms with van der Waals surface area (Å²) in [5.41, 5.74) is -0.0924. The first-order chi connectivity index (χ1) is 10.7. The van der Waals surface area contributed by atoms with Gasteiger partial charge in [0.1, 0.15) is 10.0 Å². The molecule has 0 aliphatic rings. The molecule has 0 radical (unpaired) electrons. The smallest absolute Gasteiger partial charge is 0.330 e. The second-order valence-corrected chi connectivity index (χ2v) is 5.51. The molecule has 9 heteroatoms. The molecular weight excluding hydrogens is 347 g/mol. The Morgan fingerprint density at radius 2 is 1.17 bits per heavy atom. The number of ether oxygens (including phenoxy) is 1. The van der Waals surface area contributed by atoms with E-state index >= 15 is 0 Å². The van der Waals surface area contributed by atoms with Crippen LogP contribution in [0.4, 0.5) is 11.4 Å². The van der Waals surface area contributed by atoms with Crippen LogP contribution in [0.25, 0.3) is 0 Å². The van der Waals surface area contributed by atoms with Crippen LogP contribution in [0.1, 0.15) is 11.1 Å². The minimum atomic E-state index is -0.698. The van der Waals surface area contributed by atoms with Gasteiger partial charge in [0.05, 0.1) is 9.85 Å². The Balaban J connectivity index is 2.70. The Hall–Kier alpha value is -2.38. The van der Waals surface area contributed by atoms with Crippen LogP contribution < -0.4 is 4.74 Å². The summed E-state index contributed by atoms with van der Waals surface area (Å²) in [5, 5.41) is 22.2. The molecule has 2 aromatic carbocycles. The van der Waals surface area contributed by atoms with Crippen molar-refractivity contribution in [1.82, 2.24) is 0 Å². The first-order valence-electron chi connectivity index (χ1n) is 6.29. The van der Waals surface area contributed by atoms with E-state index in [-0.39, 0.29) is 21.5 Å². The van der Waals surface area contributed by atoms with Crippen LogP contribution in [0, 0.1) is 34.1 Å². The monoisotopic (exact) mass is 356 g/mol. The quantitative estimate of drug-likeness (QED) is 0.552. The van der Waals surface area contributed by atoms with Gasteiger partial charge in [-0.05, 0) is 37.1 Å². The molecule has 0 spiro atoms. The van der Waals surface area contributed by atoms with Gasteiger partial charge in [-0.3, -0.25) is 20.2 Å². The average Bonchev–Trinajstić information content (AvgIpc) is 2.45. The highest BCUT2D eigenvalue weighted by Crippen LogP contribution is 2.45. The molecule has 0 bridgehead atoms. The van der Waals surface area contributed by atoms with E-state index in [1.807, 2.05) is 0 Å². The molecular formula is C14H10Cl2N2O5. The summed E-state index contributed by atoms with van der Waals surface area (Å²) in [6.45, 7) is 3.15. The molecule has 0 aliphatic heterocycles. The number of benzene rings is 2. The summed E-state index contributed by atoms with van der Waals surface area (Å²) in [6, 6.07) is 5.77. The second kappa shape index (κ2) is 6.39. The standard InChI is InChI=1S/C14H10Cl2N2O5/c1-7-3-5-9(15)11(17(19)20)13(7)23-14-8(2)4-6-10(16)12(14)18(21)22/h3-6H,1-2H3. The van der Waals surface area contributed by atoms with E-state index in [9.17, 15) is 20.2 Å². The van der Waals surface area contributed by atoms with Crippen LogP contribution in [-0.4, -0.2) is 9.85 Å². The van der Waals surface area contributed by atoms with E-state index in [0.29, 0.717) is 11.1 Å². The van der Waals surface area contributed by atoms with Crippen molar-refractivity contribution in [2.24, 2.45) is 0 Å². The average molecular weight is 357 g/mol. The molecule has 2 aromatic rings. The van der Waals surface area contributed by atoms with E-state index in [1.54, 1.807) is 13.8 Å². The molecule has 7 nitrogen and oxygen atoms in total. The predicted octanol–water partition coefficient (Wildman–Crippen LogP) is 5.22. The third-order valence-corrected chi connectivity index (χ3v) is 3.74. The zero-order valence-corrected chi connectivity index (χ0v) is 13.5. The lowest BCUT2D eigenvalue weighted by Crippen LogP contribution is -2.01. The number of aryl methyl sites for hydroxylation is 2. The van der Waals surface area contributed by atoms with Gasteiger partial charge in [-0.15, -0.1) is 0 Å². The van der Waals surface area contributed by atoms with Crippen LogP contribution in [0.5, 0.6) is 11.5 Å². The normalized spacial score (nSPS) is 10.4. The number of nitro benzene ring substituents is 2. The number of hydrogen-bond donors (Lipinski definition) is 0. The zero-order chi connectivity index (χ0) is 17.3. The fourth-order valence-electron chi connectivity index (χ4n) is 2.00. The Morgan fingerprint density at radius 3 is 1.48 bits per heavy atom. The molecule has 0 aliphatic carbocycles. The van der Waals surface area contributed by atoms with E-state index in [4.69, 9.17) is 27.9 Å². The summed E-state index contributed by atoms with van der Waals surface area (Å²) in [4.78, 5) is 21.1. The zero-order valence-electron chi connectivity index (χ0n) is 12.0. The van der Waals surface area contributed by atoms with Crippen LogP contribution in [0.3, 0.4) is 0 Å². The molecule has 0 fully saturated rings. The maximum Gasteiger partial charge on any atom is 0.330 e. The lowest BCUT2D eigenvalue weighted by Gasteiger charge is -2.12. The third kappa shape index (κ3) is 3.20. The summed E-state index contributed by atoms with van der Waals surface area (Å²) < 4.78 is 5.53. The molecule has 0 amide bonds. The highest BCUT2D eigenvalue weighted by atomic mass is 35.5. The van der Waals surface area contributed by atoms with Gasteiger partial charge in [0.15, 0.2) is 0 Å². The van der Waals surface area contributed by atoms with Crippen molar-refractivity contribution in [2.45, 2.75) is 13.8 Å². The van der Waals surface area contributed by atoms with E-state index in [1.165, 1.54) is 24.3 Å². The molecule has 120 valence electrons. The molecule has 0 N–H and O–H groups in total. The fourth-order valence-corrected chi connectivity index (χ4v) is 2.43. The minimum absolute atomic E-state index is 0.127. The van der Waals surface area contributed by atoms with Crippen LogP contribution >= 0.6 is 23.2 Å². The molecule has 0 heterocycles. The highest BCUT2D eigenvalue weighted by Gasteiger charge is 2.28. The number of nitro groups is 2. The van der Waals surface area contributed by atoms with Gasteiger partial charge in [0.25, 0.3) is 0 Å². The fraction of sp³-hybridized carbons (Fsp3) is 0.143. The Kier molecular flexibility index (Phi) is 4.72. The summed E-state index contributed by atoms with van der Waals surface area (Å²) >= 11 is 11.7. The number of rotatable bonds is 4. The second-order valence-electron chi connectivity index (χ2n) is 4.70. The van der Waals surface area contributed by atoms with Crippen molar-refractivity contribution in [2.75, 3.05) is 0 Å². The minimum Gasteiger partial charge on any atom is -0.442 e. The number of nitrogens with zero attached hydrogens (tertiary/aromatic N) is 2. The number of halogens is 2.